The van der Waals surface area contributed by atoms with E-state index in [9.17, 15) is 4.79 Å². The Bertz CT molecular complexity index is 1170. The molecule has 0 saturated carbocycles. The van der Waals surface area contributed by atoms with Crippen LogP contribution in [-0.4, -0.2) is 68.2 Å². The number of likely N-dealkylation sites (tertiary alicyclic amines) is 2. The topological polar surface area (TPSA) is 66.1 Å². The fourth-order valence-corrected chi connectivity index (χ4v) is 5.14. The summed E-state index contributed by atoms with van der Waals surface area (Å²) in [6.45, 7) is 8.68. The maximum absolute atomic E-state index is 12.9. The molecule has 206 valence electrons. The van der Waals surface area contributed by atoms with Crippen molar-refractivity contribution in [2.75, 3.05) is 63.1 Å². The molecule has 0 spiro atoms. The summed E-state index contributed by atoms with van der Waals surface area (Å²) in [7, 11) is 0. The Morgan fingerprint density at radius 2 is 1.18 bits per heavy atom. The van der Waals surface area contributed by atoms with Gasteiger partial charge in [-0.2, -0.15) is 0 Å². The fourth-order valence-electron chi connectivity index (χ4n) is 5.14. The Hall–Kier alpha value is -3.55. The van der Waals surface area contributed by atoms with Crippen LogP contribution in [0, 0.1) is 0 Å². The second-order valence-corrected chi connectivity index (χ2v) is 10.3. The standard InChI is InChI=1S/C32H40N4O3/c37-32(27-11-15-29(16-12-27)39-24-22-36-19-5-6-20-36)34-31-8-2-1-7-30(31)33-25-26-9-13-28(14-10-26)38-23-21-35-17-3-4-18-35/h1-2,7-16,33H,3-6,17-25H2,(H,34,37). The van der Waals surface area contributed by atoms with Crippen molar-refractivity contribution in [2.24, 2.45) is 0 Å². The van der Waals surface area contributed by atoms with E-state index in [-0.39, 0.29) is 5.91 Å². The fraction of sp³-hybridized carbons (Fsp3) is 0.406. The molecule has 0 bridgehead atoms. The number of ether oxygens (including phenoxy) is 2. The lowest BCUT2D eigenvalue weighted by Gasteiger charge is -2.16. The van der Waals surface area contributed by atoms with Gasteiger partial charge in [0.15, 0.2) is 0 Å². The van der Waals surface area contributed by atoms with Gasteiger partial charge in [-0.3, -0.25) is 14.6 Å². The zero-order chi connectivity index (χ0) is 26.7. The van der Waals surface area contributed by atoms with E-state index >= 15 is 0 Å². The molecule has 0 radical (unpaired) electrons. The van der Waals surface area contributed by atoms with E-state index in [1.54, 1.807) is 0 Å². The number of nitrogens with zero attached hydrogens (tertiary/aromatic N) is 2. The van der Waals surface area contributed by atoms with Crippen LogP contribution < -0.4 is 20.1 Å². The van der Waals surface area contributed by atoms with Crippen LogP contribution in [0.15, 0.2) is 72.8 Å². The average molecular weight is 529 g/mol. The summed E-state index contributed by atoms with van der Waals surface area (Å²) < 4.78 is 11.8. The summed E-state index contributed by atoms with van der Waals surface area (Å²) in [5, 5.41) is 6.50. The van der Waals surface area contributed by atoms with Crippen LogP contribution in [0.4, 0.5) is 11.4 Å². The molecule has 7 heteroatoms. The van der Waals surface area contributed by atoms with Crippen molar-refractivity contribution in [3.8, 4) is 11.5 Å². The number of hydrogen-bond acceptors (Lipinski definition) is 6. The van der Waals surface area contributed by atoms with E-state index in [0.717, 1.165) is 48.1 Å². The second-order valence-electron chi connectivity index (χ2n) is 10.3. The van der Waals surface area contributed by atoms with Gasteiger partial charge in [-0.25, -0.2) is 0 Å². The lowest BCUT2D eigenvalue weighted by atomic mass is 10.1. The number of benzene rings is 3. The van der Waals surface area contributed by atoms with E-state index < -0.39 is 0 Å². The quantitative estimate of drug-likeness (QED) is 0.305. The molecular formula is C32H40N4O3. The predicted octanol–water partition coefficient (Wildman–Crippen LogP) is 5.50. The molecule has 2 fully saturated rings. The molecule has 7 nitrogen and oxygen atoms in total. The van der Waals surface area contributed by atoms with Gasteiger partial charge in [0.2, 0.25) is 0 Å². The van der Waals surface area contributed by atoms with Crippen LogP contribution in [0.2, 0.25) is 0 Å². The number of carbonyl (C=O) groups excluding carboxylic acids is 1. The van der Waals surface area contributed by atoms with Crippen LogP contribution >= 0.6 is 0 Å². The molecule has 2 heterocycles. The van der Waals surface area contributed by atoms with E-state index in [1.807, 2.05) is 60.7 Å². The van der Waals surface area contributed by atoms with E-state index in [4.69, 9.17) is 9.47 Å². The van der Waals surface area contributed by atoms with Crippen molar-refractivity contribution in [1.29, 1.82) is 0 Å². The van der Waals surface area contributed by atoms with Crippen LogP contribution in [0.3, 0.4) is 0 Å². The Morgan fingerprint density at radius 3 is 1.74 bits per heavy atom. The van der Waals surface area contributed by atoms with E-state index in [2.05, 4.69) is 32.6 Å². The number of carbonyl (C=O) groups is 1. The molecule has 0 aliphatic carbocycles. The number of anilines is 2. The molecule has 2 saturated heterocycles. The van der Waals surface area contributed by atoms with Crippen molar-refractivity contribution in [3.63, 3.8) is 0 Å². The first kappa shape index (κ1) is 27.0. The lowest BCUT2D eigenvalue weighted by Crippen LogP contribution is -2.25. The lowest BCUT2D eigenvalue weighted by molar-refractivity contribution is 0.102. The van der Waals surface area contributed by atoms with Crippen LogP contribution in [-0.2, 0) is 6.54 Å². The highest BCUT2D eigenvalue weighted by Crippen LogP contribution is 2.24. The summed E-state index contributed by atoms with van der Waals surface area (Å²) in [5.41, 5.74) is 3.36. The first-order valence-corrected chi connectivity index (χ1v) is 14.3. The van der Waals surface area contributed by atoms with Gasteiger partial charge < -0.3 is 20.1 Å². The third-order valence-corrected chi connectivity index (χ3v) is 7.45. The molecule has 3 aromatic rings. The molecule has 3 aromatic carbocycles. The molecule has 2 N–H and O–H groups in total. The van der Waals surface area contributed by atoms with Crippen LogP contribution in [0.5, 0.6) is 11.5 Å². The molecule has 0 aromatic heterocycles. The normalized spacial score (nSPS) is 15.8. The van der Waals surface area contributed by atoms with Gasteiger partial charge in [-0.05, 0) is 106 Å². The summed E-state index contributed by atoms with van der Waals surface area (Å²) in [4.78, 5) is 17.8. The van der Waals surface area contributed by atoms with Gasteiger partial charge in [0, 0.05) is 25.2 Å². The van der Waals surface area contributed by atoms with Gasteiger partial charge >= 0.3 is 0 Å². The van der Waals surface area contributed by atoms with Crippen molar-refractivity contribution < 1.29 is 14.3 Å². The summed E-state index contributed by atoms with van der Waals surface area (Å²) in [6.07, 6.45) is 5.17. The molecule has 5 rings (SSSR count). The maximum Gasteiger partial charge on any atom is 0.255 e. The monoisotopic (exact) mass is 528 g/mol. The highest BCUT2D eigenvalue weighted by molar-refractivity contribution is 6.05. The highest BCUT2D eigenvalue weighted by atomic mass is 16.5. The smallest absolute Gasteiger partial charge is 0.255 e. The molecule has 2 aliphatic heterocycles. The zero-order valence-electron chi connectivity index (χ0n) is 22.7. The number of para-hydroxylation sites is 2. The minimum atomic E-state index is -0.150. The average Bonchev–Trinajstić information content (AvgIpc) is 3.69. The Labute approximate surface area is 232 Å². The van der Waals surface area contributed by atoms with E-state index in [1.165, 1.54) is 51.9 Å². The first-order chi connectivity index (χ1) is 19.2. The SMILES string of the molecule is O=C(Nc1ccccc1NCc1ccc(OCCN2CCCC2)cc1)c1ccc(OCCN2CCCC2)cc1. The number of amides is 1. The van der Waals surface area contributed by atoms with E-state index in [0.29, 0.717) is 18.7 Å². The Balaban J connectivity index is 1.08. The first-order valence-electron chi connectivity index (χ1n) is 14.3. The van der Waals surface area contributed by atoms with Crippen molar-refractivity contribution >= 4 is 17.3 Å². The molecule has 1 amide bonds. The molecule has 0 unspecified atom stereocenters. The van der Waals surface area contributed by atoms with Crippen molar-refractivity contribution in [2.45, 2.75) is 32.2 Å². The zero-order valence-corrected chi connectivity index (χ0v) is 22.7. The van der Waals surface area contributed by atoms with Gasteiger partial charge in [-0.15, -0.1) is 0 Å². The van der Waals surface area contributed by atoms with Gasteiger partial charge in [0.05, 0.1) is 11.4 Å². The van der Waals surface area contributed by atoms with Crippen molar-refractivity contribution in [3.05, 3.63) is 83.9 Å². The Kier molecular flexibility index (Phi) is 9.71. The maximum atomic E-state index is 12.9. The minimum Gasteiger partial charge on any atom is -0.492 e. The summed E-state index contributed by atoms with van der Waals surface area (Å²) >= 11 is 0. The molecular weight excluding hydrogens is 488 g/mol. The van der Waals surface area contributed by atoms with Gasteiger partial charge in [0.1, 0.15) is 24.7 Å². The molecule has 39 heavy (non-hydrogen) atoms. The number of nitrogens with one attached hydrogen (secondary N) is 2. The molecule has 0 atom stereocenters. The number of rotatable bonds is 13. The van der Waals surface area contributed by atoms with Crippen LogP contribution in [0.1, 0.15) is 41.6 Å². The largest absolute Gasteiger partial charge is 0.492 e. The van der Waals surface area contributed by atoms with Gasteiger partial charge in [0.25, 0.3) is 5.91 Å². The third kappa shape index (κ3) is 8.22. The minimum absolute atomic E-state index is 0.150. The van der Waals surface area contributed by atoms with Crippen molar-refractivity contribution in [1.82, 2.24) is 9.80 Å². The second kappa shape index (κ2) is 14.0. The Morgan fingerprint density at radius 1 is 0.667 bits per heavy atom. The molecule has 2 aliphatic rings. The summed E-state index contributed by atoms with van der Waals surface area (Å²) in [5.74, 6) is 1.53. The van der Waals surface area contributed by atoms with Crippen LogP contribution in [0.25, 0.3) is 0 Å². The summed E-state index contributed by atoms with van der Waals surface area (Å²) in [6, 6.07) is 23.3. The number of hydrogen-bond donors (Lipinski definition) is 2. The predicted molar refractivity (Wildman–Crippen MR) is 157 cm³/mol. The third-order valence-electron chi connectivity index (χ3n) is 7.45. The van der Waals surface area contributed by atoms with Gasteiger partial charge in [-0.1, -0.05) is 24.3 Å². The highest BCUT2D eigenvalue weighted by Gasteiger charge is 2.13.